The second-order valence-electron chi connectivity index (χ2n) is 26.2. The molecular formula is C71H103Br2ClF6N8O7. The Hall–Kier alpha value is -5.94. The van der Waals surface area contributed by atoms with Gasteiger partial charge in [-0.25, -0.2) is 50.0 Å². The molecule has 3 aromatic carbocycles. The molecule has 0 radical (unpaired) electrons. The minimum atomic E-state index is -0.605. The van der Waals surface area contributed by atoms with Crippen molar-refractivity contribution in [3.8, 4) is 17.6 Å². The largest absolute Gasteiger partial charge is 0.473 e. The average molecular weight is 1490 g/mol. The maximum absolute atomic E-state index is 14.1. The van der Waals surface area contributed by atoms with Crippen molar-refractivity contribution in [2.45, 2.75) is 244 Å². The van der Waals surface area contributed by atoms with E-state index in [1.54, 1.807) is 29.5 Å². The van der Waals surface area contributed by atoms with E-state index in [-0.39, 0.29) is 84.3 Å². The van der Waals surface area contributed by atoms with Crippen LogP contribution in [0.25, 0.3) is 0 Å². The molecule has 2 amide bonds. The molecule has 0 N–H and O–H groups in total. The molecular weight excluding hydrogens is 1390 g/mol. The van der Waals surface area contributed by atoms with Crippen molar-refractivity contribution in [3.05, 3.63) is 138 Å². The lowest BCUT2D eigenvalue weighted by atomic mass is 9.89. The molecule has 0 saturated heterocycles. The Labute approximate surface area is 583 Å². The van der Waals surface area contributed by atoms with Crippen LogP contribution in [0.2, 0.25) is 0 Å². The molecule has 3 saturated carbocycles. The summed E-state index contributed by atoms with van der Waals surface area (Å²) in [5, 5.41) is 14.1. The van der Waals surface area contributed by atoms with E-state index >= 15 is 0 Å². The first-order valence-corrected chi connectivity index (χ1v) is 33.5. The maximum Gasteiger partial charge on any atom is 0.410 e. The molecule has 0 atom stereocenters. The highest BCUT2D eigenvalue weighted by atomic mass is 79.9. The van der Waals surface area contributed by atoms with Crippen LogP contribution in [0, 0.1) is 52.7 Å². The van der Waals surface area contributed by atoms with Crippen LogP contribution in [-0.4, -0.2) is 76.6 Å². The van der Waals surface area contributed by atoms with Gasteiger partial charge in [-0.1, -0.05) is 93.4 Å². The summed E-state index contributed by atoms with van der Waals surface area (Å²) in [6.45, 7) is 15.3. The third-order valence-electron chi connectivity index (χ3n) is 15.9. The van der Waals surface area contributed by atoms with Crippen LogP contribution in [0.1, 0.15) is 207 Å². The fraction of sp³-hybridized carbons (Fsp3) is 0.592. The van der Waals surface area contributed by atoms with Gasteiger partial charge in [0, 0.05) is 56.5 Å². The van der Waals surface area contributed by atoms with E-state index in [4.69, 9.17) is 33.9 Å². The van der Waals surface area contributed by atoms with Crippen molar-refractivity contribution >= 4 is 56.5 Å². The van der Waals surface area contributed by atoms with E-state index < -0.39 is 58.3 Å². The van der Waals surface area contributed by atoms with Crippen molar-refractivity contribution in [2.24, 2.45) is 17.8 Å². The number of hydrogen-bond donors (Lipinski definition) is 0. The first-order chi connectivity index (χ1) is 43.2. The number of rotatable bonds is 21. The Bertz CT molecular complexity index is 3320. The van der Waals surface area contributed by atoms with E-state index in [0.29, 0.717) is 64.3 Å². The van der Waals surface area contributed by atoms with E-state index in [1.807, 2.05) is 46.2 Å². The fourth-order valence-electron chi connectivity index (χ4n) is 11.3. The number of nitrogens with zero attached hydrogens (tertiary/aromatic N) is 8. The second-order valence-corrected chi connectivity index (χ2v) is 27.7. The third kappa shape index (κ3) is 26.4. The zero-order valence-corrected chi connectivity index (χ0v) is 58.5. The summed E-state index contributed by atoms with van der Waals surface area (Å²) < 4.78 is 118. The number of amides is 2. The molecule has 95 heavy (non-hydrogen) atoms. The van der Waals surface area contributed by atoms with Crippen LogP contribution in [0.4, 0.5) is 35.9 Å². The predicted molar refractivity (Wildman–Crippen MR) is 371 cm³/mol. The van der Waals surface area contributed by atoms with Gasteiger partial charge in [-0.15, -0.1) is 12.4 Å². The average Bonchev–Trinajstić information content (AvgIpc) is 1.69. The Morgan fingerprint density at radius 3 is 1.23 bits per heavy atom. The number of ether oxygens (including phenoxy) is 5. The van der Waals surface area contributed by atoms with E-state index in [9.17, 15) is 35.9 Å². The number of carbonyl (C=O) groups is 2. The van der Waals surface area contributed by atoms with Gasteiger partial charge in [0.25, 0.3) is 0 Å². The Balaban J connectivity index is 0.000000366. The summed E-state index contributed by atoms with van der Waals surface area (Å²) in [5.74, 6) is 0.0736. The lowest BCUT2D eigenvalue weighted by Crippen LogP contribution is -2.34. The number of aryl methyl sites for hydroxylation is 1. The van der Waals surface area contributed by atoms with Crippen molar-refractivity contribution in [1.29, 1.82) is 0 Å². The van der Waals surface area contributed by atoms with Crippen molar-refractivity contribution in [2.75, 3.05) is 14.1 Å². The number of halogens is 9. The van der Waals surface area contributed by atoms with Gasteiger partial charge in [-0.05, 0) is 191 Å². The quantitative estimate of drug-likeness (QED) is 0.0640. The summed E-state index contributed by atoms with van der Waals surface area (Å²) in [6.07, 6.45) is 18.9. The molecule has 24 heteroatoms. The lowest BCUT2D eigenvalue weighted by Gasteiger charge is -2.24. The van der Waals surface area contributed by atoms with E-state index in [2.05, 4.69) is 43.9 Å². The van der Waals surface area contributed by atoms with Gasteiger partial charge in [0.05, 0.1) is 24.5 Å². The number of carbonyl (C=O) groups excluding carboxylic acids is 2. The van der Waals surface area contributed by atoms with Crippen LogP contribution in [0.5, 0.6) is 17.6 Å². The molecule has 3 heterocycles. The molecule has 3 aliphatic rings. The molecule has 0 unspecified atom stereocenters. The third-order valence-corrected chi connectivity index (χ3v) is 17.5. The predicted octanol–water partition coefficient (Wildman–Crippen LogP) is 20.5. The van der Waals surface area contributed by atoms with Crippen molar-refractivity contribution < 1.29 is 59.6 Å². The molecule has 532 valence electrons. The maximum atomic E-state index is 14.1. The van der Waals surface area contributed by atoms with E-state index in [1.165, 1.54) is 86.5 Å². The number of hydrogen-bond acceptors (Lipinski definition) is 10. The van der Waals surface area contributed by atoms with Gasteiger partial charge < -0.3 is 33.5 Å². The van der Waals surface area contributed by atoms with Gasteiger partial charge in [0.15, 0.2) is 0 Å². The molecule has 0 spiro atoms. The molecule has 6 aromatic rings. The molecule has 0 aliphatic heterocycles. The highest BCUT2D eigenvalue weighted by Gasteiger charge is 2.28. The van der Waals surface area contributed by atoms with E-state index in [0.717, 1.165) is 104 Å². The molecule has 15 nitrogen and oxygen atoms in total. The normalized spacial score (nSPS) is 14.4. The van der Waals surface area contributed by atoms with Crippen LogP contribution >= 0.6 is 44.3 Å². The fourth-order valence-corrected chi connectivity index (χ4v) is 12.4. The van der Waals surface area contributed by atoms with Gasteiger partial charge in [0.1, 0.15) is 80.6 Å². The zero-order chi connectivity index (χ0) is 66.0. The summed E-state index contributed by atoms with van der Waals surface area (Å²) in [6, 6.07) is 11.8. The molecule has 3 aliphatic carbocycles. The highest BCUT2D eigenvalue weighted by Crippen LogP contribution is 2.36. The number of benzene rings is 3. The molecule has 9 rings (SSSR count). The Morgan fingerprint density at radius 2 is 0.853 bits per heavy atom. The smallest absolute Gasteiger partial charge is 0.410 e. The van der Waals surface area contributed by atoms with Crippen molar-refractivity contribution in [1.82, 2.24) is 39.1 Å². The summed E-state index contributed by atoms with van der Waals surface area (Å²) in [5.41, 5.74) is 1.49. The van der Waals surface area contributed by atoms with Gasteiger partial charge >= 0.3 is 12.2 Å². The van der Waals surface area contributed by atoms with Crippen LogP contribution in [-0.2, 0) is 68.4 Å². The summed E-state index contributed by atoms with van der Waals surface area (Å²) in [4.78, 5) is 27.6. The first kappa shape index (κ1) is 83.3. The molecule has 0 bridgehead atoms. The molecule has 3 aromatic heterocycles. The van der Waals surface area contributed by atoms with Gasteiger partial charge in [-0.2, -0.15) is 15.3 Å². The Morgan fingerprint density at radius 1 is 0.505 bits per heavy atom. The first-order valence-electron chi connectivity index (χ1n) is 31.9. The topological polar surface area (TPSA) is 140 Å². The minimum Gasteiger partial charge on any atom is -0.473 e. The highest BCUT2D eigenvalue weighted by molar-refractivity contribution is 9.11. The van der Waals surface area contributed by atoms with Crippen molar-refractivity contribution in [3.63, 3.8) is 0 Å². The zero-order valence-electron chi connectivity index (χ0n) is 54.6. The second kappa shape index (κ2) is 39.5. The lowest BCUT2D eigenvalue weighted by molar-refractivity contribution is 0.0273. The summed E-state index contributed by atoms with van der Waals surface area (Å²) in [7, 11) is 3.29. The molecule has 3 fully saturated rings. The number of aromatic nitrogens is 6. The minimum absolute atomic E-state index is 0. The van der Waals surface area contributed by atoms with Gasteiger partial charge in [-0.3, -0.25) is 0 Å². The summed E-state index contributed by atoms with van der Waals surface area (Å²) >= 11 is 7.16. The SMILES string of the molecule is C.C.C.CCCc1nn(CC2CCCCC2)c(OCc2cc(F)ccc2F)c1Br.CN(Cc1cc(OCc2cc(F)ccc2F)n(CC2CCCCC2)n1)C(=O)OC(C)(C)C.CN(Cc1nn(CC2CCCCC2)c(OCc2cc(F)ccc2F)c1Br)C(=O)OC(C)(C)C.Cl. The van der Waals surface area contributed by atoms with Gasteiger partial charge in [0.2, 0.25) is 17.6 Å². The van der Waals surface area contributed by atoms with Crippen LogP contribution < -0.4 is 14.2 Å². The Kier molecular flexibility index (Phi) is 34.6. The standard InChI is InChI=1S/C24H32BrF2N3O3.C24H33F2N3O3.C20H25BrF2N2O.3CH4.ClH/c1-24(2,3)33-23(31)29(4)14-20-21(25)22(30(28-20)13-16-8-6-5-7-9-16)32-15-17-12-18(26)10-11-19(17)27;1-24(2,3)32-23(30)28(4)15-20-13-22(29(27-20)14-17-8-6-5-7-9-17)31-16-18-12-19(25)10-11-21(18)26;1-2-6-18-19(21)20(25(24-18)12-14-7-4-3-5-8-14)26-13-15-11-16(22)9-10-17(15)23;;;;/h10-12,16H,5-9,13-15H2,1-4H3;10-13,17H,5-9,14-16H2,1-4H3;9-11,14H,2-8,12-13H2,1H3;3*1H4;1H. The van der Waals surface area contributed by atoms with Crippen LogP contribution in [0.15, 0.2) is 69.6 Å². The van der Waals surface area contributed by atoms with Crippen LogP contribution in [0.3, 0.4) is 0 Å². The monoisotopic (exact) mass is 1490 g/mol.